The highest BCUT2D eigenvalue weighted by Crippen LogP contribution is 2.30. The molecule has 1 aromatic carbocycles. The number of sulfone groups is 1. The molecule has 0 amide bonds. The van der Waals surface area contributed by atoms with E-state index in [1.165, 1.54) is 6.26 Å². The number of anilines is 2. The largest absolute Gasteiger partial charge is 0.489 e. The standard InChI is InChI=1S/C14H24N2O3S/c1-10(2)19-12-8-6-7-11(13(12)15)16-9-14(3,4)20(5,17)18/h6-8,10,16H,9,15H2,1-5H3. The van der Waals surface area contributed by atoms with Crippen LogP contribution in [-0.4, -0.2) is 32.1 Å². The molecule has 0 aliphatic heterocycles. The van der Waals surface area contributed by atoms with Crippen LogP contribution in [0.25, 0.3) is 0 Å². The van der Waals surface area contributed by atoms with Gasteiger partial charge in [-0.25, -0.2) is 8.42 Å². The van der Waals surface area contributed by atoms with Gasteiger partial charge in [0.05, 0.1) is 22.2 Å². The fourth-order valence-corrected chi connectivity index (χ4v) is 1.83. The van der Waals surface area contributed by atoms with Gasteiger partial charge in [-0.05, 0) is 39.8 Å². The van der Waals surface area contributed by atoms with E-state index in [-0.39, 0.29) is 12.6 Å². The molecule has 0 heterocycles. The Morgan fingerprint density at radius 3 is 2.45 bits per heavy atom. The maximum absolute atomic E-state index is 11.7. The van der Waals surface area contributed by atoms with Gasteiger partial charge in [0.2, 0.25) is 0 Å². The second-order valence-electron chi connectivity index (χ2n) is 5.77. The lowest BCUT2D eigenvalue weighted by Crippen LogP contribution is -2.38. The molecule has 0 spiro atoms. The van der Waals surface area contributed by atoms with Crippen molar-refractivity contribution in [1.82, 2.24) is 0 Å². The molecule has 0 saturated heterocycles. The van der Waals surface area contributed by atoms with Crippen molar-refractivity contribution in [3.63, 3.8) is 0 Å². The minimum absolute atomic E-state index is 0.0278. The lowest BCUT2D eigenvalue weighted by molar-refractivity contribution is 0.244. The lowest BCUT2D eigenvalue weighted by atomic mass is 10.2. The molecule has 0 aromatic heterocycles. The van der Waals surface area contributed by atoms with E-state index in [1.807, 2.05) is 19.9 Å². The van der Waals surface area contributed by atoms with E-state index < -0.39 is 14.6 Å². The number of nitrogens with one attached hydrogen (secondary N) is 1. The molecule has 0 unspecified atom stereocenters. The van der Waals surface area contributed by atoms with Crippen molar-refractivity contribution in [2.75, 3.05) is 23.9 Å². The summed E-state index contributed by atoms with van der Waals surface area (Å²) >= 11 is 0. The van der Waals surface area contributed by atoms with Crippen molar-refractivity contribution in [3.05, 3.63) is 18.2 Å². The number of hydrogen-bond acceptors (Lipinski definition) is 5. The van der Waals surface area contributed by atoms with Gasteiger partial charge in [-0.1, -0.05) is 6.07 Å². The van der Waals surface area contributed by atoms with Crippen molar-refractivity contribution < 1.29 is 13.2 Å². The summed E-state index contributed by atoms with van der Waals surface area (Å²) in [6.07, 6.45) is 1.26. The molecule has 1 rings (SSSR count). The second-order valence-corrected chi connectivity index (χ2v) is 8.42. The summed E-state index contributed by atoms with van der Waals surface area (Å²) < 4.78 is 28.1. The van der Waals surface area contributed by atoms with Crippen LogP contribution in [0.4, 0.5) is 11.4 Å². The van der Waals surface area contributed by atoms with Crippen LogP contribution >= 0.6 is 0 Å². The van der Waals surface area contributed by atoms with E-state index in [1.54, 1.807) is 26.0 Å². The van der Waals surface area contributed by atoms with Gasteiger partial charge in [0.25, 0.3) is 0 Å². The molecule has 0 saturated carbocycles. The molecule has 0 atom stereocenters. The van der Waals surface area contributed by atoms with Gasteiger partial charge in [0.1, 0.15) is 5.75 Å². The van der Waals surface area contributed by atoms with Gasteiger partial charge < -0.3 is 15.8 Å². The van der Waals surface area contributed by atoms with Crippen LogP contribution in [0.1, 0.15) is 27.7 Å². The maximum atomic E-state index is 11.7. The van der Waals surface area contributed by atoms with Crippen molar-refractivity contribution in [1.29, 1.82) is 0 Å². The first-order valence-electron chi connectivity index (χ1n) is 6.53. The third-order valence-electron chi connectivity index (χ3n) is 3.14. The summed E-state index contributed by atoms with van der Waals surface area (Å²) in [5, 5.41) is 3.09. The van der Waals surface area contributed by atoms with E-state index in [4.69, 9.17) is 10.5 Å². The first-order valence-corrected chi connectivity index (χ1v) is 8.42. The van der Waals surface area contributed by atoms with Crippen LogP contribution in [0.3, 0.4) is 0 Å². The van der Waals surface area contributed by atoms with Gasteiger partial charge in [0, 0.05) is 12.8 Å². The van der Waals surface area contributed by atoms with Crippen molar-refractivity contribution in [2.45, 2.75) is 38.5 Å². The average molecular weight is 300 g/mol. The van der Waals surface area contributed by atoms with Gasteiger partial charge in [0.15, 0.2) is 9.84 Å². The van der Waals surface area contributed by atoms with Crippen LogP contribution < -0.4 is 15.8 Å². The second kappa shape index (κ2) is 5.91. The van der Waals surface area contributed by atoms with Gasteiger partial charge in [-0.15, -0.1) is 0 Å². The SMILES string of the molecule is CC(C)Oc1cccc(NCC(C)(C)S(C)(=O)=O)c1N. The minimum Gasteiger partial charge on any atom is -0.489 e. The van der Waals surface area contributed by atoms with Crippen LogP contribution in [-0.2, 0) is 9.84 Å². The average Bonchev–Trinajstić information content (AvgIpc) is 2.28. The topological polar surface area (TPSA) is 81.4 Å². The molecular weight excluding hydrogens is 276 g/mol. The van der Waals surface area contributed by atoms with E-state index >= 15 is 0 Å². The number of nitrogen functional groups attached to an aromatic ring is 1. The van der Waals surface area contributed by atoms with Gasteiger partial charge >= 0.3 is 0 Å². The lowest BCUT2D eigenvalue weighted by Gasteiger charge is -2.24. The Labute approximate surface area is 121 Å². The fraction of sp³-hybridized carbons (Fsp3) is 0.571. The molecular formula is C14H24N2O3S. The zero-order valence-electron chi connectivity index (χ0n) is 12.7. The molecule has 0 bridgehead atoms. The summed E-state index contributed by atoms with van der Waals surface area (Å²) in [6, 6.07) is 5.42. The highest BCUT2D eigenvalue weighted by Gasteiger charge is 2.30. The molecule has 6 heteroatoms. The van der Waals surface area contributed by atoms with E-state index in [2.05, 4.69) is 5.32 Å². The smallest absolute Gasteiger partial charge is 0.154 e. The third-order valence-corrected chi connectivity index (χ3v) is 5.29. The molecule has 0 aliphatic rings. The summed E-state index contributed by atoms with van der Waals surface area (Å²) in [5.74, 6) is 0.599. The zero-order chi connectivity index (χ0) is 15.6. The highest BCUT2D eigenvalue weighted by atomic mass is 32.2. The molecule has 3 N–H and O–H groups in total. The van der Waals surface area contributed by atoms with Gasteiger partial charge in [-0.2, -0.15) is 0 Å². The van der Waals surface area contributed by atoms with Crippen LogP contribution in [0.15, 0.2) is 18.2 Å². The Morgan fingerprint density at radius 1 is 1.35 bits per heavy atom. The summed E-state index contributed by atoms with van der Waals surface area (Å²) in [4.78, 5) is 0. The number of ether oxygens (including phenoxy) is 1. The summed E-state index contributed by atoms with van der Waals surface area (Å²) in [7, 11) is -3.15. The van der Waals surface area contributed by atoms with Crippen molar-refractivity contribution in [3.8, 4) is 5.75 Å². The first kappa shape index (κ1) is 16.6. The van der Waals surface area contributed by atoms with Crippen LogP contribution in [0.2, 0.25) is 0 Å². The monoisotopic (exact) mass is 300 g/mol. The highest BCUT2D eigenvalue weighted by molar-refractivity contribution is 7.92. The molecule has 114 valence electrons. The molecule has 20 heavy (non-hydrogen) atoms. The predicted octanol–water partition coefficient (Wildman–Crippen LogP) is 2.29. The van der Waals surface area contributed by atoms with Crippen molar-refractivity contribution >= 4 is 21.2 Å². The molecule has 1 aromatic rings. The Bertz CT molecular complexity index is 566. The Balaban J connectivity index is 2.89. The van der Waals surface area contributed by atoms with Crippen LogP contribution in [0.5, 0.6) is 5.75 Å². The molecule has 0 aliphatic carbocycles. The Hall–Kier alpha value is -1.43. The first-order chi connectivity index (χ1) is 9.04. The Kier molecular flexibility index (Phi) is 4.91. The van der Waals surface area contributed by atoms with Crippen LogP contribution in [0, 0.1) is 0 Å². The Morgan fingerprint density at radius 2 is 1.95 bits per heavy atom. The van der Waals surface area contributed by atoms with Gasteiger partial charge in [-0.3, -0.25) is 0 Å². The number of benzene rings is 1. The number of hydrogen-bond donors (Lipinski definition) is 2. The number of nitrogens with two attached hydrogens (primary N) is 1. The zero-order valence-corrected chi connectivity index (χ0v) is 13.5. The number of para-hydroxylation sites is 1. The molecule has 0 fully saturated rings. The number of rotatable bonds is 6. The van der Waals surface area contributed by atoms with Crippen molar-refractivity contribution in [2.24, 2.45) is 0 Å². The summed E-state index contributed by atoms with van der Waals surface area (Å²) in [6.45, 7) is 7.49. The third kappa shape index (κ3) is 4.03. The normalized spacial score (nSPS) is 12.5. The fourth-order valence-electron chi connectivity index (χ4n) is 1.49. The predicted molar refractivity (Wildman–Crippen MR) is 84.0 cm³/mol. The van der Waals surface area contributed by atoms with E-state index in [9.17, 15) is 8.42 Å². The maximum Gasteiger partial charge on any atom is 0.154 e. The quantitative estimate of drug-likeness (QED) is 0.788. The van der Waals surface area contributed by atoms with E-state index in [0.29, 0.717) is 17.1 Å². The summed E-state index contributed by atoms with van der Waals surface area (Å²) in [5.41, 5.74) is 7.20. The molecule has 0 radical (unpaired) electrons. The van der Waals surface area contributed by atoms with E-state index in [0.717, 1.165) is 0 Å². The minimum atomic E-state index is -3.15. The molecule has 5 nitrogen and oxygen atoms in total.